The van der Waals surface area contributed by atoms with Crippen LogP contribution in [0.5, 0.6) is 0 Å². The summed E-state index contributed by atoms with van der Waals surface area (Å²) < 4.78 is 24.8. The van der Waals surface area contributed by atoms with Gasteiger partial charge in [-0.2, -0.15) is 15.6 Å². The van der Waals surface area contributed by atoms with Gasteiger partial charge in [-0.1, -0.05) is 0 Å². The van der Waals surface area contributed by atoms with Gasteiger partial charge in [0.15, 0.2) is 0 Å². The molecule has 140 valence electrons. The summed E-state index contributed by atoms with van der Waals surface area (Å²) in [6.07, 6.45) is 1.52. The molecule has 0 amide bonds. The Hall–Kier alpha value is -1.62. The molecule has 0 saturated carbocycles. The molecule has 2 saturated heterocycles. The van der Waals surface area contributed by atoms with Crippen LogP contribution in [0, 0.1) is 0 Å². The van der Waals surface area contributed by atoms with Gasteiger partial charge in [-0.05, 0) is 6.92 Å². The molecule has 10 heteroatoms. The van der Waals surface area contributed by atoms with Crippen LogP contribution in [-0.4, -0.2) is 82.4 Å². The Labute approximate surface area is 148 Å². The van der Waals surface area contributed by atoms with Crippen LogP contribution >= 0.6 is 10.6 Å². The van der Waals surface area contributed by atoms with Crippen LogP contribution in [-0.2, 0) is 4.74 Å². The van der Waals surface area contributed by atoms with Gasteiger partial charge >= 0.3 is 5.97 Å². The van der Waals surface area contributed by atoms with Crippen molar-refractivity contribution in [3.05, 3.63) is 11.8 Å². The molecule has 0 radical (unpaired) electrons. The number of esters is 1. The predicted octanol–water partition coefficient (Wildman–Crippen LogP) is 0.634. The van der Waals surface area contributed by atoms with Gasteiger partial charge in [-0.15, -0.1) is 0 Å². The Balaban J connectivity index is 1.89. The lowest BCUT2D eigenvalue weighted by Crippen LogP contribution is -2.45. The van der Waals surface area contributed by atoms with Crippen LogP contribution in [0.1, 0.15) is 17.3 Å². The average Bonchev–Trinajstić information content (AvgIpc) is 2.62. The van der Waals surface area contributed by atoms with E-state index in [4.69, 9.17) is 4.74 Å². The van der Waals surface area contributed by atoms with Crippen LogP contribution in [0.2, 0.25) is 0 Å². The van der Waals surface area contributed by atoms with Gasteiger partial charge in [0.2, 0.25) is 5.95 Å². The summed E-state index contributed by atoms with van der Waals surface area (Å²) in [7, 11) is -2.52. The second kappa shape index (κ2) is 7.73. The summed E-state index contributed by atoms with van der Waals surface area (Å²) in [6, 6.07) is 0. The van der Waals surface area contributed by atoms with Gasteiger partial charge in [-0.25, -0.2) is 9.78 Å². The summed E-state index contributed by atoms with van der Waals surface area (Å²) in [5, 5.41) is 3.28. The van der Waals surface area contributed by atoms with Crippen molar-refractivity contribution >= 4 is 28.3 Å². The van der Waals surface area contributed by atoms with Crippen molar-refractivity contribution in [3.8, 4) is 0 Å². The largest absolute Gasteiger partial charge is 0.462 e. The third kappa shape index (κ3) is 4.32. The number of ether oxygens (including phenoxy) is 1. The molecule has 3 N–H and O–H groups in total. The zero-order valence-corrected chi connectivity index (χ0v) is 15.2. The first-order chi connectivity index (χ1) is 12.0. The van der Waals surface area contributed by atoms with E-state index in [9.17, 15) is 13.9 Å². The maximum absolute atomic E-state index is 12.3. The zero-order valence-electron chi connectivity index (χ0n) is 14.3. The van der Waals surface area contributed by atoms with E-state index in [1.54, 1.807) is 6.92 Å². The fraction of sp³-hybridized carbons (Fsp3) is 0.667. The van der Waals surface area contributed by atoms with E-state index < -0.39 is 16.6 Å². The molecule has 9 nitrogen and oxygen atoms in total. The lowest BCUT2D eigenvalue weighted by atomic mass is 10.2. The highest BCUT2D eigenvalue weighted by Gasteiger charge is 2.28. The first-order valence-electron chi connectivity index (χ1n) is 8.48. The normalized spacial score (nSPS) is 21.7. The molecule has 1 aromatic heterocycles. The average molecular weight is 371 g/mol. The molecule has 0 aromatic carbocycles. The number of piperazine rings is 1. The minimum atomic E-state index is -2.52. The first kappa shape index (κ1) is 18.2. The lowest BCUT2D eigenvalue weighted by molar-refractivity contribution is 0.0526. The van der Waals surface area contributed by atoms with Crippen molar-refractivity contribution in [1.29, 1.82) is 0 Å². The minimum absolute atomic E-state index is 0.276. The fourth-order valence-corrected chi connectivity index (χ4v) is 4.14. The Morgan fingerprint density at radius 1 is 1.24 bits per heavy atom. The molecule has 2 aliphatic rings. The van der Waals surface area contributed by atoms with Crippen molar-refractivity contribution in [1.82, 2.24) is 15.3 Å². The number of aromatic nitrogens is 2. The van der Waals surface area contributed by atoms with Gasteiger partial charge in [0.1, 0.15) is 11.4 Å². The predicted molar refractivity (Wildman–Crippen MR) is 97.9 cm³/mol. The van der Waals surface area contributed by atoms with Crippen molar-refractivity contribution in [3.63, 3.8) is 0 Å². The monoisotopic (exact) mass is 371 g/mol. The number of hydrogen-bond acceptors (Lipinski definition) is 9. The number of carbonyl (C=O) groups excluding carboxylic acids is 1. The molecule has 0 bridgehead atoms. The molecule has 0 unspecified atom stereocenters. The summed E-state index contributed by atoms with van der Waals surface area (Å²) in [6.45, 7) is 6.24. The summed E-state index contributed by atoms with van der Waals surface area (Å²) >= 11 is 0. The number of nitrogens with one attached hydrogen (secondary N) is 1. The molecule has 3 heterocycles. The number of nitrogens with zero attached hydrogens (tertiary/aromatic N) is 4. The summed E-state index contributed by atoms with van der Waals surface area (Å²) in [4.78, 5) is 25.3. The van der Waals surface area contributed by atoms with E-state index in [1.807, 2.05) is 4.90 Å². The number of hydrogen-bond donors (Lipinski definition) is 3. The van der Waals surface area contributed by atoms with Crippen LogP contribution in [0.3, 0.4) is 0 Å². The van der Waals surface area contributed by atoms with E-state index in [-0.39, 0.29) is 18.1 Å². The fourth-order valence-electron chi connectivity index (χ4n) is 2.91. The van der Waals surface area contributed by atoms with E-state index in [2.05, 4.69) is 20.2 Å². The lowest BCUT2D eigenvalue weighted by Gasteiger charge is -2.41. The standard InChI is InChI=1S/C15H25N5O4S/c1-2-24-14(21)12-11-17-15(20-5-3-16-4-6-20)18-13(12)19-7-9-25(22,23)10-8-19/h11,16,22-23H,2-10H2,1H3. The molecule has 3 rings (SSSR count). The molecular formula is C15H25N5O4S. The summed E-state index contributed by atoms with van der Waals surface area (Å²) in [5.74, 6) is 1.20. The smallest absolute Gasteiger partial charge is 0.343 e. The van der Waals surface area contributed by atoms with Crippen molar-refractivity contribution < 1.29 is 18.6 Å². The molecule has 2 aliphatic heterocycles. The van der Waals surface area contributed by atoms with Crippen molar-refractivity contribution in [2.45, 2.75) is 6.92 Å². The second-order valence-electron chi connectivity index (χ2n) is 6.06. The number of carbonyl (C=O) groups is 1. The Morgan fingerprint density at radius 2 is 1.92 bits per heavy atom. The minimum Gasteiger partial charge on any atom is -0.462 e. The first-order valence-corrected chi connectivity index (χ1v) is 10.4. The van der Waals surface area contributed by atoms with E-state index in [0.717, 1.165) is 26.2 Å². The SMILES string of the molecule is CCOC(=O)c1cnc(N2CCNCC2)nc1N1CCS(O)(O)CC1. The van der Waals surface area contributed by atoms with E-state index >= 15 is 0 Å². The van der Waals surface area contributed by atoms with Gasteiger partial charge < -0.3 is 19.9 Å². The van der Waals surface area contributed by atoms with E-state index in [1.165, 1.54) is 6.20 Å². The topological polar surface area (TPSA) is 111 Å². The maximum atomic E-state index is 12.3. The Bertz CT molecular complexity index is 614. The molecule has 0 spiro atoms. The quantitative estimate of drug-likeness (QED) is 0.656. The molecular weight excluding hydrogens is 346 g/mol. The molecule has 25 heavy (non-hydrogen) atoms. The highest BCUT2D eigenvalue weighted by Crippen LogP contribution is 2.41. The highest BCUT2D eigenvalue weighted by atomic mass is 32.3. The number of anilines is 2. The van der Waals surface area contributed by atoms with Gasteiger partial charge in [0, 0.05) is 45.5 Å². The summed E-state index contributed by atoms with van der Waals surface area (Å²) in [5.41, 5.74) is 0.319. The maximum Gasteiger partial charge on any atom is 0.343 e. The molecule has 2 fully saturated rings. The van der Waals surface area contributed by atoms with Crippen LogP contribution in [0.15, 0.2) is 6.20 Å². The van der Waals surface area contributed by atoms with Gasteiger partial charge in [0.25, 0.3) is 0 Å². The van der Waals surface area contributed by atoms with Crippen LogP contribution in [0.4, 0.5) is 11.8 Å². The van der Waals surface area contributed by atoms with Crippen LogP contribution in [0.25, 0.3) is 0 Å². The molecule has 0 aliphatic carbocycles. The highest BCUT2D eigenvalue weighted by molar-refractivity contribution is 8.24. The third-order valence-electron chi connectivity index (χ3n) is 4.33. The van der Waals surface area contributed by atoms with Crippen molar-refractivity contribution in [2.24, 2.45) is 0 Å². The third-order valence-corrected chi connectivity index (χ3v) is 6.00. The molecule has 1 aromatic rings. The Kier molecular flexibility index (Phi) is 5.62. The van der Waals surface area contributed by atoms with Crippen LogP contribution < -0.4 is 15.1 Å². The zero-order chi connectivity index (χ0) is 17.9. The van der Waals surface area contributed by atoms with Crippen molar-refractivity contribution in [2.75, 3.05) is 67.2 Å². The second-order valence-corrected chi connectivity index (χ2v) is 8.48. The Morgan fingerprint density at radius 3 is 2.56 bits per heavy atom. The number of rotatable bonds is 4. The van der Waals surface area contributed by atoms with Gasteiger partial charge in [-0.3, -0.25) is 9.11 Å². The van der Waals surface area contributed by atoms with Gasteiger partial charge in [0.05, 0.1) is 18.1 Å². The molecule has 0 atom stereocenters. The van der Waals surface area contributed by atoms with E-state index in [0.29, 0.717) is 30.4 Å².